The third-order valence-corrected chi connectivity index (χ3v) is 3.74. The fraction of sp³-hybridized carbons (Fsp3) is 0.438. The molecule has 0 aliphatic carbocycles. The number of nitrogens with zero attached hydrogens (tertiary/aromatic N) is 4. The number of hydrogen-bond donors (Lipinski definition) is 0. The van der Waals surface area contributed by atoms with Crippen LogP contribution in [0.1, 0.15) is 31.9 Å². The molecule has 2 aromatic rings. The second kappa shape index (κ2) is 5.99. The fourth-order valence-corrected chi connectivity index (χ4v) is 2.55. The van der Waals surface area contributed by atoms with E-state index in [9.17, 15) is 0 Å². The largest absolute Gasteiger partial charge is 0.341 e. The molecular formula is C16H20N4. The number of piperidine rings is 1. The van der Waals surface area contributed by atoms with Gasteiger partial charge < -0.3 is 4.90 Å². The molecule has 1 aliphatic heterocycles. The van der Waals surface area contributed by atoms with Crippen LogP contribution < -0.4 is 4.90 Å². The minimum absolute atomic E-state index is 0.847. The molecule has 20 heavy (non-hydrogen) atoms. The van der Waals surface area contributed by atoms with Gasteiger partial charge in [-0.05, 0) is 37.8 Å². The Morgan fingerprint density at radius 1 is 1.05 bits per heavy atom. The standard InChI is InChI=1S/C16H20N4/c1-2-14-7-6-8-15(19-14)13-11-17-16(18-12-13)20-9-4-3-5-10-20/h6-8,11-12H,2-5,9-10H2,1H3. The van der Waals surface area contributed by atoms with E-state index in [-0.39, 0.29) is 0 Å². The molecule has 104 valence electrons. The normalized spacial score (nSPS) is 15.3. The van der Waals surface area contributed by atoms with Crippen LogP contribution in [0.4, 0.5) is 5.95 Å². The van der Waals surface area contributed by atoms with Crippen molar-refractivity contribution in [2.45, 2.75) is 32.6 Å². The number of hydrogen-bond acceptors (Lipinski definition) is 4. The summed E-state index contributed by atoms with van der Waals surface area (Å²) in [6.45, 7) is 4.26. The predicted octanol–water partition coefficient (Wildman–Crippen LogP) is 3.09. The first-order valence-electron chi connectivity index (χ1n) is 7.40. The lowest BCUT2D eigenvalue weighted by Gasteiger charge is -2.26. The van der Waals surface area contributed by atoms with Gasteiger partial charge in [-0.3, -0.25) is 4.98 Å². The smallest absolute Gasteiger partial charge is 0.225 e. The van der Waals surface area contributed by atoms with Gasteiger partial charge in [-0.2, -0.15) is 0 Å². The maximum absolute atomic E-state index is 4.61. The second-order valence-electron chi connectivity index (χ2n) is 5.19. The topological polar surface area (TPSA) is 41.9 Å². The second-order valence-corrected chi connectivity index (χ2v) is 5.19. The Morgan fingerprint density at radius 2 is 1.80 bits per heavy atom. The number of aromatic nitrogens is 3. The van der Waals surface area contributed by atoms with E-state index in [1.807, 2.05) is 30.6 Å². The average molecular weight is 268 g/mol. The zero-order chi connectivity index (χ0) is 13.8. The van der Waals surface area contributed by atoms with Crippen LogP contribution in [0.25, 0.3) is 11.3 Å². The zero-order valence-electron chi connectivity index (χ0n) is 11.9. The van der Waals surface area contributed by atoms with Gasteiger partial charge in [0.1, 0.15) is 0 Å². The molecule has 0 atom stereocenters. The summed E-state index contributed by atoms with van der Waals surface area (Å²) in [7, 11) is 0. The molecule has 0 radical (unpaired) electrons. The summed E-state index contributed by atoms with van der Waals surface area (Å²) in [6.07, 6.45) is 8.52. The van der Waals surface area contributed by atoms with E-state index in [2.05, 4.69) is 26.8 Å². The van der Waals surface area contributed by atoms with Gasteiger partial charge in [0.25, 0.3) is 0 Å². The summed E-state index contributed by atoms with van der Waals surface area (Å²) < 4.78 is 0. The van der Waals surface area contributed by atoms with Crippen LogP contribution in [0.15, 0.2) is 30.6 Å². The first-order valence-corrected chi connectivity index (χ1v) is 7.40. The molecule has 2 aromatic heterocycles. The number of rotatable bonds is 3. The van der Waals surface area contributed by atoms with Gasteiger partial charge in [0.05, 0.1) is 5.69 Å². The number of anilines is 1. The highest BCUT2D eigenvalue weighted by atomic mass is 15.2. The highest BCUT2D eigenvalue weighted by Crippen LogP contribution is 2.19. The van der Waals surface area contributed by atoms with Crippen molar-refractivity contribution in [1.29, 1.82) is 0 Å². The molecule has 4 nitrogen and oxygen atoms in total. The molecule has 1 saturated heterocycles. The molecule has 0 aromatic carbocycles. The molecule has 0 saturated carbocycles. The van der Waals surface area contributed by atoms with E-state index in [4.69, 9.17) is 0 Å². The van der Waals surface area contributed by atoms with Gasteiger partial charge in [-0.15, -0.1) is 0 Å². The molecular weight excluding hydrogens is 248 g/mol. The highest BCUT2D eigenvalue weighted by molar-refractivity contribution is 5.57. The first-order chi connectivity index (χ1) is 9.86. The van der Waals surface area contributed by atoms with Crippen LogP contribution in [0.3, 0.4) is 0 Å². The van der Waals surface area contributed by atoms with E-state index in [1.165, 1.54) is 19.3 Å². The van der Waals surface area contributed by atoms with Crippen LogP contribution in [0.2, 0.25) is 0 Å². The molecule has 1 aliphatic rings. The molecule has 4 heteroatoms. The molecule has 0 spiro atoms. The van der Waals surface area contributed by atoms with E-state index >= 15 is 0 Å². The number of aryl methyl sites for hydroxylation is 1. The summed E-state index contributed by atoms with van der Waals surface area (Å²) >= 11 is 0. The summed E-state index contributed by atoms with van der Waals surface area (Å²) in [6, 6.07) is 6.10. The molecule has 0 bridgehead atoms. The van der Waals surface area contributed by atoms with Crippen LogP contribution in [-0.2, 0) is 6.42 Å². The zero-order valence-corrected chi connectivity index (χ0v) is 11.9. The van der Waals surface area contributed by atoms with E-state index in [0.29, 0.717) is 0 Å². The molecule has 0 N–H and O–H groups in total. The molecule has 3 rings (SSSR count). The Bertz CT molecular complexity index is 559. The van der Waals surface area contributed by atoms with Gasteiger partial charge in [0.15, 0.2) is 0 Å². The van der Waals surface area contributed by atoms with Crippen LogP contribution in [0, 0.1) is 0 Å². The van der Waals surface area contributed by atoms with Gasteiger partial charge in [0.2, 0.25) is 5.95 Å². The van der Waals surface area contributed by atoms with Crippen molar-refractivity contribution in [3.8, 4) is 11.3 Å². The summed E-state index contributed by atoms with van der Waals surface area (Å²) in [4.78, 5) is 15.9. The van der Waals surface area contributed by atoms with Crippen molar-refractivity contribution in [2.75, 3.05) is 18.0 Å². The Labute approximate surface area is 119 Å². The van der Waals surface area contributed by atoms with Gasteiger partial charge in [0, 0.05) is 36.7 Å². The van der Waals surface area contributed by atoms with Crippen molar-refractivity contribution >= 4 is 5.95 Å². The lowest BCUT2D eigenvalue weighted by atomic mass is 10.1. The van der Waals surface area contributed by atoms with Crippen molar-refractivity contribution < 1.29 is 0 Å². The van der Waals surface area contributed by atoms with Crippen LogP contribution in [0.5, 0.6) is 0 Å². The van der Waals surface area contributed by atoms with Crippen molar-refractivity contribution in [1.82, 2.24) is 15.0 Å². The third-order valence-electron chi connectivity index (χ3n) is 3.74. The van der Waals surface area contributed by atoms with Crippen LogP contribution in [-0.4, -0.2) is 28.0 Å². The summed E-state index contributed by atoms with van der Waals surface area (Å²) in [5, 5.41) is 0. The predicted molar refractivity (Wildman–Crippen MR) is 80.7 cm³/mol. The molecule has 3 heterocycles. The van der Waals surface area contributed by atoms with Crippen molar-refractivity contribution in [3.05, 3.63) is 36.3 Å². The summed E-state index contributed by atoms with van der Waals surface area (Å²) in [5.41, 5.74) is 3.04. The van der Waals surface area contributed by atoms with E-state index < -0.39 is 0 Å². The Balaban J connectivity index is 1.81. The molecule has 1 fully saturated rings. The Kier molecular flexibility index (Phi) is 3.90. The summed E-state index contributed by atoms with van der Waals surface area (Å²) in [5.74, 6) is 0.847. The van der Waals surface area contributed by atoms with E-state index in [1.54, 1.807) is 0 Å². The van der Waals surface area contributed by atoms with Gasteiger partial charge >= 0.3 is 0 Å². The minimum Gasteiger partial charge on any atom is -0.341 e. The lowest BCUT2D eigenvalue weighted by Crippen LogP contribution is -2.30. The maximum atomic E-state index is 4.61. The first kappa shape index (κ1) is 13.0. The Morgan fingerprint density at radius 3 is 2.50 bits per heavy atom. The highest BCUT2D eigenvalue weighted by Gasteiger charge is 2.13. The van der Waals surface area contributed by atoms with E-state index in [0.717, 1.165) is 42.4 Å². The average Bonchev–Trinajstić information content (AvgIpc) is 2.56. The Hall–Kier alpha value is -1.97. The lowest BCUT2D eigenvalue weighted by molar-refractivity contribution is 0.568. The van der Waals surface area contributed by atoms with Crippen molar-refractivity contribution in [3.63, 3.8) is 0 Å². The van der Waals surface area contributed by atoms with Gasteiger partial charge in [-0.1, -0.05) is 13.0 Å². The molecule has 0 unspecified atom stereocenters. The number of pyridine rings is 1. The monoisotopic (exact) mass is 268 g/mol. The fourth-order valence-electron chi connectivity index (χ4n) is 2.55. The van der Waals surface area contributed by atoms with Gasteiger partial charge in [-0.25, -0.2) is 9.97 Å². The SMILES string of the molecule is CCc1cccc(-c2cnc(N3CCCCC3)nc2)n1. The minimum atomic E-state index is 0.847. The van der Waals surface area contributed by atoms with Crippen LogP contribution >= 0.6 is 0 Å². The van der Waals surface area contributed by atoms with Crippen molar-refractivity contribution in [2.24, 2.45) is 0 Å². The molecule has 0 amide bonds. The maximum Gasteiger partial charge on any atom is 0.225 e. The quantitative estimate of drug-likeness (QED) is 0.858. The third kappa shape index (κ3) is 2.79.